The Balaban J connectivity index is 2.29. The van der Waals surface area contributed by atoms with Crippen LogP contribution in [0.1, 0.15) is 5.56 Å². The zero-order chi connectivity index (χ0) is 16.4. The fraction of sp³-hybridized carbons (Fsp3) is 0.467. The minimum Gasteiger partial charge on any atom is -0.492 e. The first kappa shape index (κ1) is 17.9. The molecule has 0 fully saturated rings. The predicted molar refractivity (Wildman–Crippen MR) is 84.4 cm³/mol. The van der Waals surface area contributed by atoms with Gasteiger partial charge in [-0.15, -0.1) is 0 Å². The van der Waals surface area contributed by atoms with Crippen molar-refractivity contribution >= 4 is 11.8 Å². The number of hydrogen-bond donors (Lipinski definition) is 3. The van der Waals surface area contributed by atoms with Gasteiger partial charge < -0.3 is 26.0 Å². The molecule has 0 aliphatic rings. The van der Waals surface area contributed by atoms with Crippen LogP contribution >= 0.6 is 0 Å². The van der Waals surface area contributed by atoms with Gasteiger partial charge in [0.15, 0.2) is 0 Å². The Labute approximate surface area is 130 Å². The molecule has 0 radical (unpaired) electrons. The van der Waals surface area contributed by atoms with Gasteiger partial charge >= 0.3 is 0 Å². The van der Waals surface area contributed by atoms with Crippen LogP contribution in [0.2, 0.25) is 0 Å². The number of nitrogens with zero attached hydrogens (tertiary/aromatic N) is 1. The van der Waals surface area contributed by atoms with Gasteiger partial charge in [-0.3, -0.25) is 9.59 Å². The zero-order valence-electron chi connectivity index (χ0n) is 13.1. The summed E-state index contributed by atoms with van der Waals surface area (Å²) in [4.78, 5) is 24.5. The van der Waals surface area contributed by atoms with Gasteiger partial charge in [0.25, 0.3) is 0 Å². The molecular weight excluding hydrogens is 284 g/mol. The maximum Gasteiger partial charge on any atom is 0.239 e. The largest absolute Gasteiger partial charge is 0.492 e. The summed E-state index contributed by atoms with van der Waals surface area (Å²) in [5, 5.41) is 5.12. The Morgan fingerprint density at radius 3 is 2.41 bits per heavy atom. The van der Waals surface area contributed by atoms with E-state index in [4.69, 9.17) is 10.5 Å². The molecule has 0 aromatic heterocycles. The lowest BCUT2D eigenvalue weighted by Gasteiger charge is -2.11. The van der Waals surface area contributed by atoms with E-state index in [0.717, 1.165) is 17.9 Å². The molecule has 1 rings (SSSR count). The molecule has 0 unspecified atom stereocenters. The monoisotopic (exact) mass is 308 g/mol. The summed E-state index contributed by atoms with van der Waals surface area (Å²) in [6.45, 7) is 1.69. The third kappa shape index (κ3) is 7.61. The van der Waals surface area contributed by atoms with Gasteiger partial charge in [-0.2, -0.15) is 0 Å². The van der Waals surface area contributed by atoms with E-state index in [9.17, 15) is 9.59 Å². The minimum atomic E-state index is -0.352. The summed E-state index contributed by atoms with van der Waals surface area (Å²) >= 11 is 0. The van der Waals surface area contributed by atoms with E-state index < -0.39 is 0 Å². The normalized spacial score (nSPS) is 10.4. The summed E-state index contributed by atoms with van der Waals surface area (Å²) in [6, 6.07) is 7.52. The molecule has 0 bridgehead atoms. The topological polar surface area (TPSA) is 96.7 Å². The maximum atomic E-state index is 11.5. The number of nitrogens with two attached hydrogens (primary N) is 1. The van der Waals surface area contributed by atoms with E-state index in [1.165, 1.54) is 0 Å². The molecule has 0 saturated heterocycles. The molecule has 2 amide bonds. The molecule has 7 nitrogen and oxygen atoms in total. The zero-order valence-corrected chi connectivity index (χ0v) is 13.1. The molecule has 22 heavy (non-hydrogen) atoms. The highest BCUT2D eigenvalue weighted by atomic mass is 16.5. The van der Waals surface area contributed by atoms with Crippen molar-refractivity contribution in [1.82, 2.24) is 15.5 Å². The SMILES string of the molecule is CN(C)CCOc1ccc(CNC(=O)CNC(=O)CN)cc1. The van der Waals surface area contributed by atoms with Crippen LogP contribution in [0.4, 0.5) is 0 Å². The van der Waals surface area contributed by atoms with Crippen molar-refractivity contribution in [3.8, 4) is 5.75 Å². The van der Waals surface area contributed by atoms with E-state index in [-0.39, 0.29) is 24.9 Å². The van der Waals surface area contributed by atoms with E-state index in [1.807, 2.05) is 43.3 Å². The Bertz CT molecular complexity index is 474. The Hall–Kier alpha value is -2.12. The van der Waals surface area contributed by atoms with Crippen LogP contribution in [0.5, 0.6) is 5.75 Å². The van der Waals surface area contributed by atoms with Crippen LogP contribution in [0.25, 0.3) is 0 Å². The molecular formula is C15H24N4O3. The fourth-order valence-corrected chi connectivity index (χ4v) is 1.56. The number of benzene rings is 1. The number of ether oxygens (including phenoxy) is 1. The fourth-order valence-electron chi connectivity index (χ4n) is 1.56. The van der Waals surface area contributed by atoms with Crippen molar-refractivity contribution in [2.45, 2.75) is 6.54 Å². The molecule has 1 aromatic rings. The number of rotatable bonds is 9. The summed E-state index contributed by atoms with van der Waals surface area (Å²) < 4.78 is 5.59. The van der Waals surface area contributed by atoms with Crippen LogP contribution in [-0.2, 0) is 16.1 Å². The number of carbonyl (C=O) groups is 2. The van der Waals surface area contributed by atoms with Crippen molar-refractivity contribution < 1.29 is 14.3 Å². The Morgan fingerprint density at radius 2 is 1.82 bits per heavy atom. The molecule has 4 N–H and O–H groups in total. The molecule has 0 aliphatic heterocycles. The second kappa shape index (κ2) is 9.75. The maximum absolute atomic E-state index is 11.5. The number of hydrogen-bond acceptors (Lipinski definition) is 5. The molecule has 1 aromatic carbocycles. The van der Waals surface area contributed by atoms with Crippen molar-refractivity contribution in [2.24, 2.45) is 5.73 Å². The van der Waals surface area contributed by atoms with Gasteiger partial charge in [0, 0.05) is 13.1 Å². The molecule has 0 aliphatic carbocycles. The Morgan fingerprint density at radius 1 is 1.14 bits per heavy atom. The number of carbonyl (C=O) groups excluding carboxylic acids is 2. The van der Waals surface area contributed by atoms with E-state index >= 15 is 0 Å². The van der Waals surface area contributed by atoms with Crippen molar-refractivity contribution in [1.29, 1.82) is 0 Å². The summed E-state index contributed by atoms with van der Waals surface area (Å²) in [5.74, 6) is 0.189. The highest BCUT2D eigenvalue weighted by Crippen LogP contribution is 2.11. The summed E-state index contributed by atoms with van der Waals surface area (Å²) in [6.07, 6.45) is 0. The molecule has 0 heterocycles. The average Bonchev–Trinajstić information content (AvgIpc) is 2.51. The lowest BCUT2D eigenvalue weighted by atomic mass is 10.2. The first-order valence-corrected chi connectivity index (χ1v) is 7.11. The van der Waals surface area contributed by atoms with Crippen LogP contribution in [-0.4, -0.2) is 57.1 Å². The average molecular weight is 308 g/mol. The van der Waals surface area contributed by atoms with Gasteiger partial charge in [0.05, 0.1) is 13.1 Å². The highest BCUT2D eigenvalue weighted by molar-refractivity contribution is 5.85. The summed E-state index contributed by atoms with van der Waals surface area (Å²) in [7, 11) is 3.98. The first-order chi connectivity index (χ1) is 10.5. The third-order valence-corrected chi connectivity index (χ3v) is 2.85. The van der Waals surface area contributed by atoms with E-state index in [2.05, 4.69) is 10.6 Å². The third-order valence-electron chi connectivity index (χ3n) is 2.85. The van der Waals surface area contributed by atoms with Crippen LogP contribution in [0.3, 0.4) is 0 Å². The van der Waals surface area contributed by atoms with Crippen molar-refractivity contribution in [3.63, 3.8) is 0 Å². The smallest absolute Gasteiger partial charge is 0.239 e. The Kier molecular flexibility index (Phi) is 7.95. The summed E-state index contributed by atoms with van der Waals surface area (Å²) in [5.41, 5.74) is 6.09. The molecule has 0 spiro atoms. The van der Waals surface area contributed by atoms with Gasteiger partial charge in [-0.25, -0.2) is 0 Å². The second-order valence-electron chi connectivity index (χ2n) is 5.05. The minimum absolute atomic E-state index is 0.0677. The molecule has 122 valence electrons. The van der Waals surface area contributed by atoms with Crippen molar-refractivity contribution in [2.75, 3.05) is 40.3 Å². The number of nitrogens with one attached hydrogen (secondary N) is 2. The van der Waals surface area contributed by atoms with Gasteiger partial charge in [-0.1, -0.05) is 12.1 Å². The standard InChI is InChI=1S/C15H24N4O3/c1-19(2)7-8-22-13-5-3-12(4-6-13)10-17-15(21)11-18-14(20)9-16/h3-6H,7-11,16H2,1-2H3,(H,17,21)(H,18,20). The predicted octanol–water partition coefficient (Wildman–Crippen LogP) is -0.682. The quantitative estimate of drug-likeness (QED) is 0.561. The van der Waals surface area contributed by atoms with E-state index in [0.29, 0.717) is 13.2 Å². The molecule has 0 atom stereocenters. The number of likely N-dealkylation sites (N-methyl/N-ethyl adjacent to an activating group) is 1. The van der Waals surface area contributed by atoms with Crippen LogP contribution < -0.4 is 21.1 Å². The second-order valence-corrected chi connectivity index (χ2v) is 5.05. The lowest BCUT2D eigenvalue weighted by molar-refractivity contribution is -0.125. The first-order valence-electron chi connectivity index (χ1n) is 7.11. The van der Waals surface area contributed by atoms with Gasteiger partial charge in [0.1, 0.15) is 12.4 Å². The van der Waals surface area contributed by atoms with Crippen molar-refractivity contribution in [3.05, 3.63) is 29.8 Å². The van der Waals surface area contributed by atoms with E-state index in [1.54, 1.807) is 0 Å². The lowest BCUT2D eigenvalue weighted by Crippen LogP contribution is -2.39. The van der Waals surface area contributed by atoms with Gasteiger partial charge in [-0.05, 0) is 31.8 Å². The van der Waals surface area contributed by atoms with Crippen LogP contribution in [0.15, 0.2) is 24.3 Å². The van der Waals surface area contributed by atoms with Crippen LogP contribution in [0, 0.1) is 0 Å². The molecule has 0 saturated carbocycles. The molecule has 7 heteroatoms. The van der Waals surface area contributed by atoms with Gasteiger partial charge in [0.2, 0.25) is 11.8 Å². The highest BCUT2D eigenvalue weighted by Gasteiger charge is 2.04. The number of amides is 2.